The monoisotopic (exact) mass is 277 g/mol. The van der Waals surface area contributed by atoms with Crippen LogP contribution in [-0.2, 0) is 19.0 Å². The summed E-state index contributed by atoms with van der Waals surface area (Å²) in [6, 6.07) is 0. The Morgan fingerprint density at radius 3 is 2.42 bits per heavy atom. The summed E-state index contributed by atoms with van der Waals surface area (Å²) in [5, 5.41) is 20.5. The van der Waals surface area contributed by atoms with Crippen molar-refractivity contribution in [2.45, 2.75) is 32.7 Å². The second kappa shape index (κ2) is 5.81. The lowest BCUT2D eigenvalue weighted by molar-refractivity contribution is -0.496. The second-order valence-corrected chi connectivity index (χ2v) is 4.88. The first-order chi connectivity index (χ1) is 8.73. The Labute approximate surface area is 110 Å². The second-order valence-electron chi connectivity index (χ2n) is 4.88. The van der Waals surface area contributed by atoms with Crippen LogP contribution in [0.25, 0.3) is 0 Å². The van der Waals surface area contributed by atoms with E-state index in [-0.39, 0.29) is 19.8 Å². The van der Waals surface area contributed by atoms with Crippen LogP contribution >= 0.6 is 0 Å². The molecule has 1 aliphatic heterocycles. The largest absolute Gasteiger partial charge is 0.465 e. The van der Waals surface area contributed by atoms with Crippen LogP contribution in [0.5, 0.6) is 0 Å². The summed E-state index contributed by atoms with van der Waals surface area (Å²) in [5.41, 5.74) is -1.56. The minimum Gasteiger partial charge on any atom is -0.465 e. The molecule has 0 spiro atoms. The molecular weight excluding hydrogens is 258 g/mol. The average molecular weight is 277 g/mol. The van der Waals surface area contributed by atoms with Gasteiger partial charge in [-0.3, -0.25) is 14.9 Å². The number of carbonyl (C=O) groups excluding carboxylic acids is 1. The van der Waals surface area contributed by atoms with Gasteiger partial charge in [0.15, 0.2) is 5.79 Å². The van der Waals surface area contributed by atoms with Crippen LogP contribution in [-0.4, -0.2) is 54.3 Å². The molecule has 1 atom stereocenters. The summed E-state index contributed by atoms with van der Waals surface area (Å²) >= 11 is 0. The summed E-state index contributed by atoms with van der Waals surface area (Å²) in [4.78, 5) is 21.8. The van der Waals surface area contributed by atoms with Crippen molar-refractivity contribution in [1.82, 2.24) is 0 Å². The van der Waals surface area contributed by atoms with E-state index in [2.05, 4.69) is 0 Å². The summed E-state index contributed by atoms with van der Waals surface area (Å²) in [6.07, 6.45) is -1.53. The van der Waals surface area contributed by atoms with Crippen molar-refractivity contribution in [2.75, 3.05) is 26.4 Å². The minimum atomic E-state index is -1.56. The number of esters is 1. The van der Waals surface area contributed by atoms with E-state index in [1.165, 1.54) is 0 Å². The van der Waals surface area contributed by atoms with Crippen molar-refractivity contribution >= 4 is 5.97 Å². The van der Waals surface area contributed by atoms with Gasteiger partial charge in [0.25, 0.3) is 0 Å². The fraction of sp³-hybridized carbons (Fsp3) is 0.909. The van der Waals surface area contributed by atoms with E-state index in [0.717, 1.165) is 0 Å². The van der Waals surface area contributed by atoms with Crippen LogP contribution in [0, 0.1) is 15.5 Å². The minimum absolute atomic E-state index is 0.106. The van der Waals surface area contributed by atoms with Crippen LogP contribution in [0.4, 0.5) is 0 Å². The van der Waals surface area contributed by atoms with Crippen molar-refractivity contribution in [1.29, 1.82) is 0 Å². The van der Waals surface area contributed by atoms with Crippen LogP contribution in [0.3, 0.4) is 0 Å². The van der Waals surface area contributed by atoms with Crippen molar-refractivity contribution in [3.63, 3.8) is 0 Å². The topological polar surface area (TPSA) is 108 Å². The predicted molar refractivity (Wildman–Crippen MR) is 62.9 cm³/mol. The summed E-state index contributed by atoms with van der Waals surface area (Å²) in [5.74, 6) is -1.65. The molecule has 1 unspecified atom stereocenters. The fourth-order valence-corrected chi connectivity index (χ4v) is 1.73. The highest BCUT2D eigenvalue weighted by molar-refractivity contribution is 5.78. The number of carbonyl (C=O) groups is 1. The molecule has 0 radical (unpaired) electrons. The molecule has 0 saturated carbocycles. The summed E-state index contributed by atoms with van der Waals surface area (Å²) in [6.45, 7) is 3.88. The first-order valence-corrected chi connectivity index (χ1v) is 5.98. The number of hydrogen-bond donors (Lipinski definition) is 1. The lowest BCUT2D eigenvalue weighted by atomic mass is 9.82. The van der Waals surface area contributed by atoms with Crippen molar-refractivity contribution < 1.29 is 29.0 Å². The highest BCUT2D eigenvalue weighted by Crippen LogP contribution is 2.34. The first-order valence-electron chi connectivity index (χ1n) is 5.98. The Hall–Kier alpha value is -1.25. The van der Waals surface area contributed by atoms with Crippen molar-refractivity contribution in [3.05, 3.63) is 10.1 Å². The zero-order chi connectivity index (χ0) is 14.7. The van der Waals surface area contributed by atoms with Gasteiger partial charge in [0.2, 0.25) is 6.54 Å². The number of nitrogens with zero attached hydrogens (tertiary/aromatic N) is 1. The summed E-state index contributed by atoms with van der Waals surface area (Å²) in [7, 11) is 0. The third-order valence-corrected chi connectivity index (χ3v) is 3.00. The van der Waals surface area contributed by atoms with E-state index in [9.17, 15) is 20.0 Å². The standard InChI is InChI=1S/C11H19NO7/c1-4-17-9(14)11(8(13)5-12(15)16)6-18-10(2,3)19-7-11/h8,13H,4-7H2,1-3H3. The Balaban J connectivity index is 2.92. The Bertz CT molecular complexity index is 345. The maximum absolute atomic E-state index is 12.0. The molecule has 110 valence electrons. The first kappa shape index (κ1) is 15.8. The zero-order valence-electron chi connectivity index (χ0n) is 11.2. The molecule has 1 N–H and O–H groups in total. The van der Waals surface area contributed by atoms with Crippen molar-refractivity contribution in [3.8, 4) is 0 Å². The lowest BCUT2D eigenvalue weighted by Gasteiger charge is -2.42. The van der Waals surface area contributed by atoms with Crippen LogP contribution < -0.4 is 0 Å². The lowest BCUT2D eigenvalue weighted by Crippen LogP contribution is -2.58. The Morgan fingerprint density at radius 2 is 2.00 bits per heavy atom. The summed E-state index contributed by atoms with van der Waals surface area (Å²) < 4.78 is 15.6. The van der Waals surface area contributed by atoms with E-state index in [4.69, 9.17) is 14.2 Å². The van der Waals surface area contributed by atoms with E-state index in [0.29, 0.717) is 0 Å². The van der Waals surface area contributed by atoms with Gasteiger partial charge in [-0.1, -0.05) is 0 Å². The molecule has 1 heterocycles. The maximum Gasteiger partial charge on any atom is 0.319 e. The molecule has 1 aliphatic rings. The molecular formula is C11H19NO7. The van der Waals surface area contributed by atoms with Crippen LogP contribution in [0.15, 0.2) is 0 Å². The average Bonchev–Trinajstić information content (AvgIpc) is 2.28. The smallest absolute Gasteiger partial charge is 0.319 e. The molecule has 0 aromatic carbocycles. The number of aliphatic hydroxyl groups is 1. The quantitative estimate of drug-likeness (QED) is 0.426. The zero-order valence-corrected chi connectivity index (χ0v) is 11.2. The SMILES string of the molecule is CCOC(=O)C1(C(O)C[N+](=O)[O-])COC(C)(C)OC1. The van der Waals surface area contributed by atoms with Gasteiger partial charge in [0, 0.05) is 4.92 Å². The van der Waals surface area contributed by atoms with Gasteiger partial charge in [0.1, 0.15) is 11.5 Å². The Morgan fingerprint density at radius 1 is 1.47 bits per heavy atom. The van der Waals surface area contributed by atoms with Gasteiger partial charge < -0.3 is 19.3 Å². The molecule has 1 rings (SSSR count). The molecule has 0 amide bonds. The molecule has 1 saturated heterocycles. The highest BCUT2D eigenvalue weighted by atomic mass is 16.7. The van der Waals surface area contributed by atoms with Crippen molar-refractivity contribution in [2.24, 2.45) is 5.41 Å². The van der Waals surface area contributed by atoms with Gasteiger partial charge in [-0.2, -0.15) is 0 Å². The molecule has 0 aromatic rings. The van der Waals surface area contributed by atoms with Gasteiger partial charge >= 0.3 is 5.97 Å². The normalized spacial score (nSPS) is 22.5. The molecule has 0 bridgehead atoms. The van der Waals surface area contributed by atoms with E-state index < -0.39 is 34.7 Å². The van der Waals surface area contributed by atoms with Crippen LogP contribution in [0.1, 0.15) is 20.8 Å². The van der Waals surface area contributed by atoms with Gasteiger partial charge in [-0.15, -0.1) is 0 Å². The molecule has 19 heavy (non-hydrogen) atoms. The fourth-order valence-electron chi connectivity index (χ4n) is 1.73. The maximum atomic E-state index is 12.0. The third-order valence-electron chi connectivity index (χ3n) is 3.00. The number of rotatable bonds is 5. The number of aliphatic hydroxyl groups excluding tert-OH is 1. The number of hydrogen-bond acceptors (Lipinski definition) is 7. The molecule has 0 aromatic heterocycles. The van der Waals surface area contributed by atoms with E-state index in [1.54, 1.807) is 20.8 Å². The molecule has 8 heteroatoms. The highest BCUT2D eigenvalue weighted by Gasteiger charge is 2.54. The van der Waals surface area contributed by atoms with Gasteiger partial charge in [0.05, 0.1) is 19.8 Å². The van der Waals surface area contributed by atoms with Gasteiger partial charge in [-0.25, -0.2) is 0 Å². The Kier molecular flexibility index (Phi) is 4.83. The number of ether oxygens (including phenoxy) is 3. The predicted octanol–water partition coefficient (Wildman–Crippen LogP) is -0.0436. The van der Waals surface area contributed by atoms with Crippen LogP contribution in [0.2, 0.25) is 0 Å². The van der Waals surface area contributed by atoms with E-state index >= 15 is 0 Å². The molecule has 0 aliphatic carbocycles. The molecule has 1 fully saturated rings. The number of nitro groups is 1. The van der Waals surface area contributed by atoms with E-state index in [1.807, 2.05) is 0 Å². The molecule has 8 nitrogen and oxygen atoms in total. The third kappa shape index (κ3) is 3.62. The van der Waals surface area contributed by atoms with Gasteiger partial charge in [-0.05, 0) is 20.8 Å².